The molecule has 3 rings (SSSR count). The maximum absolute atomic E-state index is 12.7. The van der Waals surface area contributed by atoms with E-state index in [9.17, 15) is 9.59 Å². The Bertz CT molecular complexity index is 1110. The van der Waals surface area contributed by atoms with Crippen molar-refractivity contribution in [3.8, 4) is 5.75 Å². The second-order valence-electron chi connectivity index (χ2n) is 7.28. The van der Waals surface area contributed by atoms with Crippen LogP contribution in [0.3, 0.4) is 0 Å². The van der Waals surface area contributed by atoms with E-state index in [1.807, 2.05) is 4.57 Å². The molecule has 1 aromatic heterocycles. The van der Waals surface area contributed by atoms with E-state index in [2.05, 4.69) is 16.9 Å². The molecule has 0 aliphatic carbocycles. The molecule has 2 heterocycles. The lowest BCUT2D eigenvalue weighted by Gasteiger charge is -2.26. The van der Waals surface area contributed by atoms with Crippen LogP contribution in [0.1, 0.15) is 25.3 Å². The number of fused-ring (bicyclic) bond motifs is 1. The molecule has 3 N–H and O–H groups in total. The van der Waals surface area contributed by atoms with E-state index < -0.39 is 5.91 Å². The van der Waals surface area contributed by atoms with Gasteiger partial charge in [-0.1, -0.05) is 18.2 Å². The van der Waals surface area contributed by atoms with Crippen molar-refractivity contribution in [1.82, 2.24) is 14.5 Å². The van der Waals surface area contributed by atoms with Crippen LogP contribution in [0.2, 0.25) is 5.02 Å². The van der Waals surface area contributed by atoms with Crippen LogP contribution in [0.4, 0.5) is 5.95 Å². The second kappa shape index (κ2) is 10.2. The predicted molar refractivity (Wildman–Crippen MR) is 125 cm³/mol. The lowest BCUT2D eigenvalue weighted by Crippen LogP contribution is -2.34. The SMILES string of the molecule is C=CC(=O)N1CCCC[C@@H](n2c(NC(=O)/C(C=N)=C/C=N)nc3ccc(OC)c(Cl)c32)C1. The van der Waals surface area contributed by atoms with Gasteiger partial charge in [-0.05, 0) is 43.5 Å². The average molecular weight is 457 g/mol. The summed E-state index contributed by atoms with van der Waals surface area (Å²) in [4.78, 5) is 31.4. The van der Waals surface area contributed by atoms with E-state index in [1.54, 1.807) is 17.0 Å². The molecular formula is C22H25ClN6O3. The Morgan fingerprint density at radius 1 is 1.34 bits per heavy atom. The summed E-state index contributed by atoms with van der Waals surface area (Å²) in [5.41, 5.74) is 1.16. The van der Waals surface area contributed by atoms with Crippen LogP contribution >= 0.6 is 11.6 Å². The third-order valence-corrected chi connectivity index (χ3v) is 5.74. The fraction of sp³-hybridized carbons (Fsp3) is 0.318. The Hall–Kier alpha value is -3.46. The van der Waals surface area contributed by atoms with Crippen molar-refractivity contribution in [2.45, 2.75) is 25.3 Å². The van der Waals surface area contributed by atoms with E-state index in [0.29, 0.717) is 34.9 Å². The Balaban J connectivity index is 2.15. The maximum atomic E-state index is 12.7. The first kappa shape index (κ1) is 23.2. The number of anilines is 1. The van der Waals surface area contributed by atoms with Gasteiger partial charge in [0.2, 0.25) is 11.9 Å². The molecule has 32 heavy (non-hydrogen) atoms. The van der Waals surface area contributed by atoms with Crippen LogP contribution in [0.25, 0.3) is 11.0 Å². The zero-order valence-corrected chi connectivity index (χ0v) is 18.5. The van der Waals surface area contributed by atoms with Gasteiger partial charge in [0.15, 0.2) is 0 Å². The Kier molecular flexibility index (Phi) is 7.42. The van der Waals surface area contributed by atoms with Gasteiger partial charge in [-0.15, -0.1) is 0 Å². The molecule has 168 valence electrons. The number of nitrogens with zero attached hydrogens (tertiary/aromatic N) is 3. The number of amides is 2. The largest absolute Gasteiger partial charge is 0.495 e. The highest BCUT2D eigenvalue weighted by atomic mass is 35.5. The number of likely N-dealkylation sites (tertiary alicyclic amines) is 1. The fourth-order valence-corrected chi connectivity index (χ4v) is 4.17. The summed E-state index contributed by atoms with van der Waals surface area (Å²) >= 11 is 6.65. The highest BCUT2D eigenvalue weighted by Crippen LogP contribution is 2.38. The maximum Gasteiger partial charge on any atom is 0.259 e. The lowest BCUT2D eigenvalue weighted by molar-refractivity contribution is -0.126. The number of halogens is 1. The number of allylic oxidation sites excluding steroid dienone is 1. The number of rotatable bonds is 7. The van der Waals surface area contributed by atoms with Gasteiger partial charge < -0.3 is 25.0 Å². The quantitative estimate of drug-likeness (QED) is 0.434. The molecule has 2 aromatic rings. The van der Waals surface area contributed by atoms with Crippen molar-refractivity contribution >= 4 is 52.8 Å². The van der Waals surface area contributed by atoms with Gasteiger partial charge >= 0.3 is 0 Å². The first-order valence-corrected chi connectivity index (χ1v) is 10.5. The van der Waals surface area contributed by atoms with E-state index in [1.165, 1.54) is 19.3 Å². The van der Waals surface area contributed by atoms with Crippen molar-refractivity contribution in [2.75, 3.05) is 25.5 Å². The summed E-state index contributed by atoms with van der Waals surface area (Å²) < 4.78 is 7.20. The number of benzene rings is 1. The molecule has 1 atom stereocenters. The minimum absolute atomic E-state index is 0.00612. The van der Waals surface area contributed by atoms with Crippen molar-refractivity contribution in [1.29, 1.82) is 10.8 Å². The van der Waals surface area contributed by atoms with Crippen molar-refractivity contribution in [2.24, 2.45) is 0 Å². The smallest absolute Gasteiger partial charge is 0.259 e. The lowest BCUT2D eigenvalue weighted by atomic mass is 10.1. The van der Waals surface area contributed by atoms with Crippen LogP contribution in [0.15, 0.2) is 36.4 Å². The molecule has 0 spiro atoms. The molecule has 0 unspecified atom stereocenters. The van der Waals surface area contributed by atoms with Crippen LogP contribution in [-0.4, -0.2) is 58.9 Å². The molecule has 1 aliphatic heterocycles. The minimum Gasteiger partial charge on any atom is -0.495 e. The molecule has 0 saturated carbocycles. The molecule has 10 heteroatoms. The molecule has 0 radical (unpaired) electrons. The molecular weight excluding hydrogens is 432 g/mol. The molecule has 0 bridgehead atoms. The van der Waals surface area contributed by atoms with Gasteiger partial charge in [-0.25, -0.2) is 4.98 Å². The first-order valence-electron chi connectivity index (χ1n) is 10.1. The Morgan fingerprint density at radius 3 is 2.78 bits per heavy atom. The fourth-order valence-electron chi connectivity index (χ4n) is 3.84. The van der Waals surface area contributed by atoms with Crippen LogP contribution in [0.5, 0.6) is 5.75 Å². The van der Waals surface area contributed by atoms with Gasteiger partial charge in [-0.2, -0.15) is 0 Å². The third kappa shape index (κ3) is 4.57. The standard InChI is InChI=1S/C22H25ClN6O3/c1-3-18(30)28-11-5-4-6-15(13-28)29-20-16(7-8-17(32-2)19(20)23)26-22(29)27-21(31)14(12-25)9-10-24/h3,7-10,12,15,24-25H,1,4-6,11,13H2,2H3,(H,26,27,31)/b14-9+,24-10?,25-12?/t15-/m1/s1. The number of nitrogens with one attached hydrogen (secondary N) is 3. The number of aromatic nitrogens is 2. The highest BCUT2D eigenvalue weighted by molar-refractivity contribution is 6.36. The number of hydrogen-bond donors (Lipinski definition) is 3. The third-order valence-electron chi connectivity index (χ3n) is 5.38. The van der Waals surface area contributed by atoms with E-state index in [4.69, 9.17) is 27.2 Å². The van der Waals surface area contributed by atoms with Gasteiger partial charge in [0.25, 0.3) is 5.91 Å². The Labute approximate surface area is 190 Å². The molecule has 1 aromatic carbocycles. The highest BCUT2D eigenvalue weighted by Gasteiger charge is 2.28. The van der Waals surface area contributed by atoms with E-state index in [0.717, 1.165) is 31.7 Å². The monoisotopic (exact) mass is 456 g/mol. The zero-order valence-electron chi connectivity index (χ0n) is 17.7. The van der Waals surface area contributed by atoms with Crippen molar-refractivity contribution in [3.05, 3.63) is 41.5 Å². The number of ether oxygens (including phenoxy) is 1. The van der Waals surface area contributed by atoms with Gasteiger partial charge in [0, 0.05) is 25.5 Å². The van der Waals surface area contributed by atoms with Crippen LogP contribution in [-0.2, 0) is 9.59 Å². The summed E-state index contributed by atoms with van der Waals surface area (Å²) in [6.45, 7) is 4.61. The predicted octanol–water partition coefficient (Wildman–Crippen LogP) is 3.60. The van der Waals surface area contributed by atoms with Gasteiger partial charge in [0.05, 0.1) is 29.8 Å². The summed E-state index contributed by atoms with van der Waals surface area (Å²) in [7, 11) is 1.52. The van der Waals surface area contributed by atoms with Gasteiger partial charge in [-0.3, -0.25) is 14.9 Å². The number of hydrogen-bond acceptors (Lipinski definition) is 6. The summed E-state index contributed by atoms with van der Waals surface area (Å²) in [6.07, 6.45) is 6.80. The van der Waals surface area contributed by atoms with Crippen molar-refractivity contribution in [3.63, 3.8) is 0 Å². The Morgan fingerprint density at radius 2 is 2.12 bits per heavy atom. The second-order valence-corrected chi connectivity index (χ2v) is 7.66. The van der Waals surface area contributed by atoms with E-state index in [-0.39, 0.29) is 23.5 Å². The minimum atomic E-state index is -0.573. The normalized spacial score (nSPS) is 16.9. The first-order chi connectivity index (χ1) is 15.4. The molecule has 1 saturated heterocycles. The van der Waals surface area contributed by atoms with E-state index >= 15 is 0 Å². The average Bonchev–Trinajstić information content (AvgIpc) is 2.98. The number of methoxy groups -OCH3 is 1. The molecule has 9 nitrogen and oxygen atoms in total. The summed E-state index contributed by atoms with van der Waals surface area (Å²) in [6, 6.07) is 3.24. The summed E-state index contributed by atoms with van der Waals surface area (Å²) in [5.74, 6) is -0.0168. The topological polar surface area (TPSA) is 124 Å². The summed E-state index contributed by atoms with van der Waals surface area (Å²) in [5, 5.41) is 17.7. The van der Waals surface area contributed by atoms with Crippen LogP contribution in [0, 0.1) is 10.8 Å². The number of imidazole rings is 1. The number of carbonyl (C=O) groups excluding carboxylic acids is 2. The molecule has 1 fully saturated rings. The number of carbonyl (C=O) groups is 2. The molecule has 2 amide bonds. The van der Waals surface area contributed by atoms with Crippen molar-refractivity contribution < 1.29 is 14.3 Å². The van der Waals surface area contributed by atoms with Gasteiger partial charge in [0.1, 0.15) is 10.8 Å². The van der Waals surface area contributed by atoms with Crippen LogP contribution < -0.4 is 10.1 Å². The molecule has 1 aliphatic rings. The zero-order chi connectivity index (χ0) is 23.3.